The van der Waals surface area contributed by atoms with Crippen LogP contribution in [0.2, 0.25) is 0 Å². The smallest absolute Gasteiger partial charge is 0.196 e. The first-order valence-corrected chi connectivity index (χ1v) is 6.99. The number of halogens is 1. The molecule has 88 valence electrons. The molecule has 1 aliphatic rings. The van der Waals surface area contributed by atoms with Crippen LogP contribution < -0.4 is 4.90 Å². The number of hydrogen-bond acceptors (Lipinski definition) is 4. The highest BCUT2D eigenvalue weighted by Crippen LogP contribution is 2.29. The molecule has 0 aliphatic carbocycles. The summed E-state index contributed by atoms with van der Waals surface area (Å²) in [6, 6.07) is 0.588. The van der Waals surface area contributed by atoms with Crippen LogP contribution in [0.4, 0.5) is 5.13 Å². The number of rotatable bonds is 4. The summed E-state index contributed by atoms with van der Waals surface area (Å²) in [7, 11) is 0. The van der Waals surface area contributed by atoms with Gasteiger partial charge in [0, 0.05) is 18.0 Å². The summed E-state index contributed by atoms with van der Waals surface area (Å²) in [4.78, 5) is 18.1. The van der Waals surface area contributed by atoms with Crippen molar-refractivity contribution in [3.8, 4) is 0 Å². The van der Waals surface area contributed by atoms with Gasteiger partial charge in [-0.25, -0.2) is 4.98 Å². The maximum absolute atomic E-state index is 11.4. The molecule has 1 aliphatic heterocycles. The van der Waals surface area contributed by atoms with Gasteiger partial charge in [0.15, 0.2) is 10.9 Å². The van der Waals surface area contributed by atoms with Crippen LogP contribution in [-0.2, 0) is 0 Å². The number of Topliss-reactive ketones (excluding diaryl/α,β-unsaturated/α-hetero) is 1. The normalized spacial score (nSPS) is 20.4. The fourth-order valence-electron chi connectivity index (χ4n) is 2.10. The van der Waals surface area contributed by atoms with Crippen molar-refractivity contribution in [1.29, 1.82) is 0 Å². The van der Waals surface area contributed by atoms with Gasteiger partial charge >= 0.3 is 0 Å². The average molecular weight is 259 g/mol. The minimum absolute atomic E-state index is 0.0143. The largest absolute Gasteiger partial charge is 0.345 e. The van der Waals surface area contributed by atoms with Gasteiger partial charge in [-0.1, -0.05) is 6.92 Å². The van der Waals surface area contributed by atoms with Crippen molar-refractivity contribution in [3.63, 3.8) is 0 Å². The third-order valence-corrected chi connectivity index (χ3v) is 4.11. The van der Waals surface area contributed by atoms with Gasteiger partial charge in [-0.2, -0.15) is 0 Å². The van der Waals surface area contributed by atoms with E-state index in [1.54, 1.807) is 11.3 Å². The standard InChI is InChI=1S/C11H15ClN2OS/c1-2-8-4-3-5-14(8)11-13-9(7-16-11)10(15)6-12/h7-8H,2-6H2,1H3. The van der Waals surface area contributed by atoms with Crippen LogP contribution in [0, 0.1) is 0 Å². The Hall–Kier alpha value is -0.610. The van der Waals surface area contributed by atoms with Gasteiger partial charge in [-0.05, 0) is 19.3 Å². The molecule has 0 saturated carbocycles. The Morgan fingerprint density at radius 2 is 2.56 bits per heavy atom. The number of alkyl halides is 1. The van der Waals surface area contributed by atoms with Gasteiger partial charge in [0.2, 0.25) is 0 Å². The molecule has 16 heavy (non-hydrogen) atoms. The van der Waals surface area contributed by atoms with Gasteiger partial charge in [0.05, 0.1) is 5.88 Å². The van der Waals surface area contributed by atoms with E-state index in [4.69, 9.17) is 11.6 Å². The molecule has 0 bridgehead atoms. The van der Waals surface area contributed by atoms with E-state index >= 15 is 0 Å². The Labute approximate surface area is 104 Å². The number of nitrogens with zero attached hydrogens (tertiary/aromatic N) is 2. The number of aromatic nitrogens is 1. The average Bonchev–Trinajstić information content (AvgIpc) is 2.95. The predicted octanol–water partition coefficient (Wildman–Crippen LogP) is 2.94. The Morgan fingerprint density at radius 3 is 3.25 bits per heavy atom. The second-order valence-electron chi connectivity index (χ2n) is 3.97. The maximum atomic E-state index is 11.4. The summed E-state index contributed by atoms with van der Waals surface area (Å²) in [5.41, 5.74) is 0.511. The fourth-order valence-corrected chi connectivity index (χ4v) is 3.17. The first-order valence-electron chi connectivity index (χ1n) is 5.57. The number of carbonyl (C=O) groups excluding carboxylic acids is 1. The van der Waals surface area contributed by atoms with Crippen molar-refractivity contribution >= 4 is 33.9 Å². The van der Waals surface area contributed by atoms with Crippen molar-refractivity contribution in [2.75, 3.05) is 17.3 Å². The zero-order valence-corrected chi connectivity index (χ0v) is 10.9. The molecule has 1 saturated heterocycles. The molecule has 1 aromatic rings. The van der Waals surface area contributed by atoms with E-state index < -0.39 is 0 Å². The molecular formula is C11H15ClN2OS. The van der Waals surface area contributed by atoms with E-state index in [-0.39, 0.29) is 11.7 Å². The molecular weight excluding hydrogens is 244 g/mol. The van der Waals surface area contributed by atoms with Crippen LogP contribution in [0.5, 0.6) is 0 Å². The lowest BCUT2D eigenvalue weighted by atomic mass is 10.2. The quantitative estimate of drug-likeness (QED) is 0.615. The number of thiazole rings is 1. The highest BCUT2D eigenvalue weighted by Gasteiger charge is 2.25. The van der Waals surface area contributed by atoms with Crippen LogP contribution in [0.3, 0.4) is 0 Å². The summed E-state index contributed by atoms with van der Waals surface area (Å²) in [6.45, 7) is 3.25. The lowest BCUT2D eigenvalue weighted by Gasteiger charge is -2.22. The van der Waals surface area contributed by atoms with Crippen molar-refractivity contribution in [3.05, 3.63) is 11.1 Å². The van der Waals surface area contributed by atoms with Gasteiger partial charge in [0.1, 0.15) is 5.69 Å². The Bertz CT molecular complexity index is 380. The van der Waals surface area contributed by atoms with E-state index in [1.807, 2.05) is 5.38 Å². The molecule has 0 aromatic carbocycles. The van der Waals surface area contributed by atoms with E-state index in [0.717, 1.165) is 18.1 Å². The Morgan fingerprint density at radius 1 is 1.75 bits per heavy atom. The molecule has 1 atom stereocenters. The second-order valence-corrected chi connectivity index (χ2v) is 5.07. The van der Waals surface area contributed by atoms with Crippen LogP contribution >= 0.6 is 22.9 Å². The van der Waals surface area contributed by atoms with Crippen LogP contribution in [0.25, 0.3) is 0 Å². The van der Waals surface area contributed by atoms with Crippen LogP contribution in [-0.4, -0.2) is 29.2 Å². The topological polar surface area (TPSA) is 33.2 Å². The molecule has 0 N–H and O–H groups in total. The lowest BCUT2D eigenvalue weighted by Crippen LogP contribution is -2.28. The Balaban J connectivity index is 2.15. The molecule has 1 aromatic heterocycles. The van der Waals surface area contributed by atoms with E-state index in [0.29, 0.717) is 11.7 Å². The molecule has 5 heteroatoms. The molecule has 0 radical (unpaired) electrons. The summed E-state index contributed by atoms with van der Waals surface area (Å²) >= 11 is 7.06. The molecule has 0 spiro atoms. The maximum Gasteiger partial charge on any atom is 0.196 e. The first kappa shape index (κ1) is 11.9. The summed E-state index contributed by atoms with van der Waals surface area (Å²) in [6.07, 6.45) is 3.59. The van der Waals surface area contributed by atoms with Gasteiger partial charge in [-0.15, -0.1) is 22.9 Å². The first-order chi connectivity index (χ1) is 7.76. The highest BCUT2D eigenvalue weighted by molar-refractivity contribution is 7.14. The molecule has 0 amide bonds. The third-order valence-electron chi connectivity index (χ3n) is 2.99. The number of carbonyl (C=O) groups is 1. The number of ketones is 1. The van der Waals surface area contributed by atoms with Crippen molar-refractivity contribution in [1.82, 2.24) is 4.98 Å². The van der Waals surface area contributed by atoms with E-state index in [2.05, 4.69) is 16.8 Å². The fraction of sp³-hybridized carbons (Fsp3) is 0.636. The van der Waals surface area contributed by atoms with Gasteiger partial charge in [0.25, 0.3) is 0 Å². The van der Waals surface area contributed by atoms with Crippen molar-refractivity contribution < 1.29 is 4.79 Å². The van der Waals surface area contributed by atoms with E-state index in [1.165, 1.54) is 12.8 Å². The monoisotopic (exact) mass is 258 g/mol. The molecule has 1 fully saturated rings. The summed E-state index contributed by atoms with van der Waals surface area (Å²) < 4.78 is 0. The lowest BCUT2D eigenvalue weighted by molar-refractivity contribution is 0.101. The SMILES string of the molecule is CCC1CCCN1c1nc(C(=O)CCl)cs1. The second kappa shape index (κ2) is 5.15. The number of anilines is 1. The van der Waals surface area contributed by atoms with E-state index in [9.17, 15) is 4.79 Å². The predicted molar refractivity (Wildman–Crippen MR) is 67.8 cm³/mol. The van der Waals surface area contributed by atoms with Gasteiger partial charge < -0.3 is 4.90 Å². The van der Waals surface area contributed by atoms with Crippen LogP contribution in [0.15, 0.2) is 5.38 Å². The molecule has 2 rings (SSSR count). The van der Waals surface area contributed by atoms with Gasteiger partial charge in [-0.3, -0.25) is 4.79 Å². The van der Waals surface area contributed by atoms with Crippen molar-refractivity contribution in [2.45, 2.75) is 32.2 Å². The molecule has 3 nitrogen and oxygen atoms in total. The minimum Gasteiger partial charge on any atom is -0.345 e. The molecule has 2 heterocycles. The molecule has 1 unspecified atom stereocenters. The zero-order chi connectivity index (χ0) is 11.5. The van der Waals surface area contributed by atoms with Crippen molar-refractivity contribution in [2.24, 2.45) is 0 Å². The minimum atomic E-state index is -0.0867. The van der Waals surface area contributed by atoms with Crippen LogP contribution in [0.1, 0.15) is 36.7 Å². The summed E-state index contributed by atoms with van der Waals surface area (Å²) in [5, 5.41) is 2.78. The number of hydrogen-bond donors (Lipinski definition) is 0. The Kier molecular flexibility index (Phi) is 3.82. The zero-order valence-electron chi connectivity index (χ0n) is 9.28. The third kappa shape index (κ3) is 2.23. The highest BCUT2D eigenvalue weighted by atomic mass is 35.5. The summed E-state index contributed by atoms with van der Waals surface area (Å²) in [5.74, 6) is -0.0724.